The van der Waals surface area contributed by atoms with Gasteiger partial charge >= 0.3 is 157 Å². The summed E-state index contributed by atoms with van der Waals surface area (Å²) in [4.78, 5) is 7.86. The third-order valence-electron chi connectivity index (χ3n) is 15.3. The summed E-state index contributed by atoms with van der Waals surface area (Å²) in [6, 6.07) is 9.48. The summed E-state index contributed by atoms with van der Waals surface area (Å²) in [6.07, 6.45) is 48.3. The molecule has 2 aromatic rings. The van der Waals surface area contributed by atoms with E-state index < -0.39 is 0 Å². The van der Waals surface area contributed by atoms with Crippen LogP contribution >= 0.6 is 0 Å². The van der Waals surface area contributed by atoms with Gasteiger partial charge in [0.05, 0.1) is 5.57 Å². The van der Waals surface area contributed by atoms with Gasteiger partial charge in [0.25, 0.3) is 0 Å². The van der Waals surface area contributed by atoms with Gasteiger partial charge in [0.2, 0.25) is 11.4 Å². The molecule has 0 spiro atoms. The molecule has 0 bridgehead atoms. The molecule has 1 aliphatic heterocycles. The fraction of sp³-hybridized carbons (Fsp3) is 0.731. The summed E-state index contributed by atoms with van der Waals surface area (Å²) < 4.78 is 1.59. The van der Waals surface area contributed by atoms with E-state index in [0.717, 1.165) is 98.5 Å². The van der Waals surface area contributed by atoms with Crippen LogP contribution in [-0.4, -0.2) is 31.9 Å². The molecule has 0 atom stereocenters. The van der Waals surface area contributed by atoms with Crippen molar-refractivity contribution in [2.24, 2.45) is 0 Å². The van der Waals surface area contributed by atoms with Crippen LogP contribution in [0.1, 0.15) is 289 Å². The Labute approximate surface area is 457 Å². The standard InChI is InChI=1S/C45H70N4.2C11H23.Pd/c1-11-19-21-23-25-27-29-41-40(28-26-24-22-20-12-2)44(38-30-34(13-3)42(47(9)17-7)35(14-4)31-38)49(46)45(41)39-32-36(15-5)43(48(10)18-8)37(16-6)33-39;2*1-3-5-7-9-11-10-8-6-4-2;/h26,28,30-33H,11-25,27,29H2,1-10H3;2*1,3-11H2,2H3;. The van der Waals surface area contributed by atoms with E-state index in [4.69, 9.17) is 0 Å². The van der Waals surface area contributed by atoms with Crippen molar-refractivity contribution in [2.75, 3.05) is 37.0 Å². The van der Waals surface area contributed by atoms with Gasteiger partial charge in [-0.2, -0.15) is 0 Å². The van der Waals surface area contributed by atoms with Crippen LogP contribution in [0.2, 0.25) is 9.79 Å². The topological polar surface area (TPSA) is 31.8 Å². The molecule has 0 N–H and O–H groups in total. The molecule has 0 fully saturated rings. The minimum absolute atomic E-state index is 0.948. The normalized spacial score (nSPS) is 12.8. The maximum absolute atomic E-state index is 12.6. The first-order valence-corrected chi connectivity index (χ1v) is 33.2. The molecule has 0 aromatic heterocycles. The van der Waals surface area contributed by atoms with Crippen LogP contribution in [-0.2, 0) is 43.7 Å². The Morgan fingerprint density at radius 1 is 0.431 bits per heavy atom. The van der Waals surface area contributed by atoms with Gasteiger partial charge in [0, 0.05) is 55.3 Å². The summed E-state index contributed by atoms with van der Waals surface area (Å²) in [5, 5.41) is 0. The van der Waals surface area contributed by atoms with Crippen LogP contribution in [0.4, 0.5) is 11.4 Å². The van der Waals surface area contributed by atoms with E-state index in [9.17, 15) is 5.53 Å². The van der Waals surface area contributed by atoms with Crippen LogP contribution in [0.3, 0.4) is 0 Å². The van der Waals surface area contributed by atoms with Crippen LogP contribution in [0.15, 0.2) is 47.6 Å². The summed E-state index contributed by atoms with van der Waals surface area (Å²) >= 11 is 1.07. The molecule has 1 heterocycles. The van der Waals surface area contributed by atoms with Crippen molar-refractivity contribution in [1.82, 2.24) is 0 Å². The summed E-state index contributed by atoms with van der Waals surface area (Å²) in [6.45, 7) is 24.6. The molecule has 5 heteroatoms. The van der Waals surface area contributed by atoms with Gasteiger partial charge in [-0.3, -0.25) is 0 Å². The number of rotatable bonds is 42. The molecule has 4 nitrogen and oxygen atoms in total. The Hall–Kier alpha value is -2.48. The minimum atomic E-state index is 0.948. The zero-order valence-corrected chi connectivity index (χ0v) is 51.3. The number of unbranched alkanes of at least 4 members (excludes halogenated alkanes) is 24. The molecule has 0 radical (unpaired) electrons. The number of benzene rings is 2. The molecule has 2 aromatic carbocycles. The Bertz CT molecular complexity index is 1760. The molecule has 0 saturated carbocycles. The first-order valence-electron chi connectivity index (χ1n) is 31.0. The van der Waals surface area contributed by atoms with E-state index in [1.54, 1.807) is 14.5 Å². The van der Waals surface area contributed by atoms with Gasteiger partial charge in [-0.05, 0) is 112 Å². The van der Waals surface area contributed by atoms with Crippen molar-refractivity contribution in [2.45, 2.75) is 291 Å². The van der Waals surface area contributed by atoms with Gasteiger partial charge in [-0.25, -0.2) is 4.70 Å². The first-order chi connectivity index (χ1) is 35.2. The Kier molecular flexibility index (Phi) is 38.0. The number of anilines is 2. The van der Waals surface area contributed by atoms with Crippen molar-refractivity contribution in [3.63, 3.8) is 0 Å². The van der Waals surface area contributed by atoms with E-state index in [-0.39, 0.29) is 0 Å². The predicted octanol–water partition coefficient (Wildman–Crippen LogP) is 21.9. The molecule has 0 saturated heterocycles. The monoisotopic (exact) mass is 1080 g/mol. The summed E-state index contributed by atoms with van der Waals surface area (Å²) in [7, 11) is 4.42. The number of allylic oxidation sites excluding steroid dienone is 4. The Morgan fingerprint density at radius 2 is 0.764 bits per heavy atom. The summed E-state index contributed by atoms with van der Waals surface area (Å²) in [5.41, 5.74) is 27.4. The van der Waals surface area contributed by atoms with Gasteiger partial charge in [-0.1, -0.05) is 98.6 Å². The number of hydrogen-bond acceptors (Lipinski definition) is 2. The molecule has 1 aliphatic rings. The molecule has 0 unspecified atom stereocenters. The van der Waals surface area contributed by atoms with Crippen LogP contribution < -0.4 is 9.80 Å². The van der Waals surface area contributed by atoms with E-state index in [0.29, 0.717) is 0 Å². The van der Waals surface area contributed by atoms with Crippen LogP contribution in [0, 0.1) is 0 Å². The van der Waals surface area contributed by atoms with Gasteiger partial charge < -0.3 is 15.3 Å². The average Bonchev–Trinajstić information content (AvgIpc) is 3.68. The quantitative estimate of drug-likeness (QED) is 0.0377. The molecule has 3 rings (SSSR count). The Morgan fingerprint density at radius 3 is 1.12 bits per heavy atom. The zero-order valence-electron chi connectivity index (χ0n) is 49.7. The Balaban J connectivity index is 0.000000649. The van der Waals surface area contributed by atoms with E-state index in [1.165, 1.54) is 212 Å². The second-order valence-corrected chi connectivity index (χ2v) is 23.5. The van der Waals surface area contributed by atoms with E-state index in [2.05, 4.69) is 130 Å². The van der Waals surface area contributed by atoms with Crippen LogP contribution in [0.25, 0.3) is 16.9 Å². The second kappa shape index (κ2) is 41.7. The third-order valence-corrected chi connectivity index (χ3v) is 17.5. The fourth-order valence-corrected chi connectivity index (χ4v) is 12.6. The molecular weight excluding hydrogens is 967 g/mol. The van der Waals surface area contributed by atoms with Crippen molar-refractivity contribution in [3.8, 4) is 0 Å². The number of aryl methyl sites for hydroxylation is 4. The second-order valence-electron chi connectivity index (χ2n) is 21.2. The van der Waals surface area contributed by atoms with Crippen molar-refractivity contribution < 1.29 is 22.7 Å². The van der Waals surface area contributed by atoms with Crippen LogP contribution in [0.5, 0.6) is 0 Å². The SMILES string of the molecule is CCCCCC=CC1=C(c2cc(CC)c(N(C)CC)c(CC)c2)[N+](=[N-])C(c2cc(CC)c(N(C)CC)c(CC)c2)=C1CCCCCCCC.CCCCCCCCCC[CH2][Pd][CH2]CCCCCCCCCC. The first kappa shape index (κ1) is 65.6. The van der Waals surface area contributed by atoms with Crippen molar-refractivity contribution in [3.05, 3.63) is 86.5 Å². The molecule has 0 aliphatic carbocycles. The van der Waals surface area contributed by atoms with E-state index in [1.807, 2.05) is 0 Å². The molecule has 72 heavy (non-hydrogen) atoms. The molecular formula is C67H116N4Pd. The van der Waals surface area contributed by atoms with Crippen molar-refractivity contribution in [1.29, 1.82) is 0 Å². The average molecular weight is 1080 g/mol. The van der Waals surface area contributed by atoms with Crippen molar-refractivity contribution >= 4 is 22.8 Å². The summed E-state index contributed by atoms with van der Waals surface area (Å²) in [5.74, 6) is 0. The number of hydrogen-bond donors (Lipinski definition) is 0. The van der Waals surface area contributed by atoms with E-state index >= 15 is 0 Å². The maximum atomic E-state index is 12.6. The zero-order chi connectivity index (χ0) is 52.8. The third kappa shape index (κ3) is 23.6. The fourth-order valence-electron chi connectivity index (χ4n) is 10.6. The van der Waals surface area contributed by atoms with Gasteiger partial charge in [0.15, 0.2) is 0 Å². The molecule has 414 valence electrons. The van der Waals surface area contributed by atoms with Gasteiger partial charge in [0.1, 0.15) is 0 Å². The predicted molar refractivity (Wildman–Crippen MR) is 321 cm³/mol. The number of nitrogens with zero attached hydrogens (tertiary/aromatic N) is 4. The van der Waals surface area contributed by atoms with Gasteiger partial charge in [-0.15, -0.1) is 0 Å². The molecule has 0 amide bonds.